The van der Waals surface area contributed by atoms with Crippen molar-refractivity contribution in [1.82, 2.24) is 10.6 Å². The third kappa shape index (κ3) is 6.27. The molecule has 0 fully saturated rings. The molecule has 0 saturated heterocycles. The van der Waals surface area contributed by atoms with Crippen LogP contribution in [-0.2, 0) is 9.59 Å². The van der Waals surface area contributed by atoms with Gasteiger partial charge in [0.05, 0.1) is 6.26 Å². The number of thioether (sulfide) groups is 1. The summed E-state index contributed by atoms with van der Waals surface area (Å²) in [7, 11) is 0. The van der Waals surface area contributed by atoms with Gasteiger partial charge in [-0.1, -0.05) is 12.1 Å². The van der Waals surface area contributed by atoms with Gasteiger partial charge in [0.1, 0.15) is 17.6 Å². The summed E-state index contributed by atoms with van der Waals surface area (Å²) < 4.78 is 18.1. The molecule has 148 valence electrons. The first kappa shape index (κ1) is 21.2. The third-order valence-corrected chi connectivity index (χ3v) is 4.28. The molecule has 1 heterocycles. The summed E-state index contributed by atoms with van der Waals surface area (Å²) in [5, 5.41) is 14.1. The van der Waals surface area contributed by atoms with Crippen molar-refractivity contribution in [2.24, 2.45) is 0 Å². The molecule has 0 radical (unpaired) electrons. The van der Waals surface area contributed by atoms with E-state index in [0.717, 1.165) is 0 Å². The molecule has 0 aliphatic rings. The summed E-state index contributed by atoms with van der Waals surface area (Å²) in [4.78, 5) is 36.3. The zero-order valence-corrected chi connectivity index (χ0v) is 15.8. The van der Waals surface area contributed by atoms with Crippen LogP contribution < -0.4 is 10.6 Å². The fourth-order valence-electron chi connectivity index (χ4n) is 2.20. The molecule has 3 N–H and O–H groups in total. The smallest absolute Gasteiger partial charge is 0.326 e. The number of halogens is 1. The number of rotatable bonds is 9. The van der Waals surface area contributed by atoms with Gasteiger partial charge in [0.15, 0.2) is 5.76 Å². The van der Waals surface area contributed by atoms with Crippen LogP contribution in [0.1, 0.15) is 22.5 Å². The number of benzene rings is 1. The Bertz CT molecular complexity index is 850. The van der Waals surface area contributed by atoms with E-state index in [1.807, 2.05) is 6.26 Å². The van der Waals surface area contributed by atoms with Crippen LogP contribution in [0.2, 0.25) is 0 Å². The van der Waals surface area contributed by atoms with E-state index in [0.29, 0.717) is 11.3 Å². The minimum absolute atomic E-state index is 0.0185. The molecule has 28 heavy (non-hydrogen) atoms. The summed E-state index contributed by atoms with van der Waals surface area (Å²) >= 11 is 1.45. The van der Waals surface area contributed by atoms with Crippen LogP contribution in [-0.4, -0.2) is 40.9 Å². The number of carboxylic acids is 1. The molecule has 0 bridgehead atoms. The van der Waals surface area contributed by atoms with Crippen molar-refractivity contribution in [3.8, 4) is 0 Å². The van der Waals surface area contributed by atoms with E-state index >= 15 is 0 Å². The van der Waals surface area contributed by atoms with Gasteiger partial charge in [-0.3, -0.25) is 9.59 Å². The van der Waals surface area contributed by atoms with Crippen molar-refractivity contribution >= 4 is 35.6 Å². The molecular formula is C19H19FN2O5S. The van der Waals surface area contributed by atoms with Gasteiger partial charge in [0, 0.05) is 0 Å². The standard InChI is InChI=1S/C19H19FN2O5S/c1-28-10-8-14(19(25)26)21-17(23)15(11-12-4-6-13(20)7-5-12)22-18(24)16-3-2-9-27-16/h2-7,9,11,14H,8,10H2,1H3,(H,21,23)(H,22,24)(H,25,26). The molecule has 0 spiro atoms. The van der Waals surface area contributed by atoms with Gasteiger partial charge in [0.25, 0.3) is 11.8 Å². The van der Waals surface area contributed by atoms with E-state index < -0.39 is 29.6 Å². The first-order chi connectivity index (χ1) is 13.4. The summed E-state index contributed by atoms with van der Waals surface area (Å²) in [5.41, 5.74) is 0.255. The van der Waals surface area contributed by atoms with Crippen LogP contribution in [0.15, 0.2) is 52.8 Å². The van der Waals surface area contributed by atoms with E-state index in [4.69, 9.17) is 4.42 Å². The van der Waals surface area contributed by atoms with Crippen LogP contribution in [0.25, 0.3) is 6.08 Å². The summed E-state index contributed by atoms with van der Waals surface area (Å²) in [5.74, 6) is -2.57. The quantitative estimate of drug-likeness (QED) is 0.552. The average molecular weight is 406 g/mol. The minimum atomic E-state index is -1.18. The molecule has 9 heteroatoms. The normalized spacial score (nSPS) is 12.3. The SMILES string of the molecule is CSCCC(NC(=O)C(=Cc1ccc(F)cc1)NC(=O)c1ccco1)C(=O)O. The number of nitrogens with one attached hydrogen (secondary N) is 2. The lowest BCUT2D eigenvalue weighted by molar-refractivity contribution is -0.141. The Hall–Kier alpha value is -3.07. The molecular weight excluding hydrogens is 387 g/mol. The molecule has 2 amide bonds. The fraction of sp³-hybridized carbons (Fsp3) is 0.211. The summed E-state index contributed by atoms with van der Waals surface area (Å²) in [6, 6.07) is 7.07. The lowest BCUT2D eigenvalue weighted by Gasteiger charge is -2.16. The van der Waals surface area contributed by atoms with E-state index in [1.54, 1.807) is 0 Å². The number of amides is 2. The number of carbonyl (C=O) groups excluding carboxylic acids is 2. The van der Waals surface area contributed by atoms with Crippen molar-refractivity contribution in [3.63, 3.8) is 0 Å². The highest BCUT2D eigenvalue weighted by molar-refractivity contribution is 7.98. The minimum Gasteiger partial charge on any atom is -0.480 e. The molecule has 7 nitrogen and oxygen atoms in total. The molecule has 0 aliphatic heterocycles. The van der Waals surface area contributed by atoms with Crippen molar-refractivity contribution in [2.45, 2.75) is 12.5 Å². The van der Waals surface area contributed by atoms with Gasteiger partial charge in [-0.05, 0) is 54.3 Å². The fourth-order valence-corrected chi connectivity index (χ4v) is 2.68. The van der Waals surface area contributed by atoms with Crippen molar-refractivity contribution in [1.29, 1.82) is 0 Å². The zero-order chi connectivity index (χ0) is 20.5. The highest BCUT2D eigenvalue weighted by Crippen LogP contribution is 2.10. The Morgan fingerprint density at radius 1 is 1.25 bits per heavy atom. The zero-order valence-electron chi connectivity index (χ0n) is 15.0. The second kappa shape index (κ2) is 10.3. The first-order valence-corrected chi connectivity index (χ1v) is 9.65. The molecule has 1 aromatic heterocycles. The number of carboxylic acid groups (broad SMARTS) is 1. The topological polar surface area (TPSA) is 109 Å². The molecule has 2 rings (SSSR count). The van der Waals surface area contributed by atoms with Gasteiger partial charge in [-0.15, -0.1) is 0 Å². The monoisotopic (exact) mass is 406 g/mol. The highest BCUT2D eigenvalue weighted by atomic mass is 32.2. The number of hydrogen-bond donors (Lipinski definition) is 3. The molecule has 0 saturated carbocycles. The average Bonchev–Trinajstić information content (AvgIpc) is 3.20. The molecule has 1 atom stereocenters. The Morgan fingerprint density at radius 2 is 1.96 bits per heavy atom. The molecule has 1 unspecified atom stereocenters. The third-order valence-electron chi connectivity index (χ3n) is 3.63. The number of furan rings is 1. The van der Waals surface area contributed by atoms with Crippen LogP contribution in [0.5, 0.6) is 0 Å². The van der Waals surface area contributed by atoms with Gasteiger partial charge in [-0.25, -0.2) is 9.18 Å². The summed E-state index contributed by atoms with van der Waals surface area (Å²) in [6.07, 6.45) is 4.67. The number of aliphatic carboxylic acids is 1. The van der Waals surface area contributed by atoms with Gasteiger partial charge in [-0.2, -0.15) is 11.8 Å². The lowest BCUT2D eigenvalue weighted by atomic mass is 10.1. The number of hydrogen-bond acceptors (Lipinski definition) is 5. The van der Waals surface area contributed by atoms with Crippen molar-refractivity contribution in [2.75, 3.05) is 12.0 Å². The Morgan fingerprint density at radius 3 is 2.54 bits per heavy atom. The number of carbonyl (C=O) groups is 3. The Kier molecular flexibility index (Phi) is 7.82. The van der Waals surface area contributed by atoms with Crippen molar-refractivity contribution in [3.05, 3.63) is 65.5 Å². The summed E-state index contributed by atoms with van der Waals surface area (Å²) in [6.45, 7) is 0. The second-order valence-electron chi connectivity index (χ2n) is 5.69. The maximum atomic E-state index is 13.1. The van der Waals surface area contributed by atoms with Crippen LogP contribution in [0, 0.1) is 5.82 Å². The van der Waals surface area contributed by atoms with Crippen LogP contribution in [0.3, 0.4) is 0 Å². The lowest BCUT2D eigenvalue weighted by Crippen LogP contribution is -2.44. The molecule has 1 aromatic carbocycles. The van der Waals surface area contributed by atoms with Crippen LogP contribution >= 0.6 is 11.8 Å². The molecule has 2 aromatic rings. The van der Waals surface area contributed by atoms with Crippen molar-refractivity contribution < 1.29 is 28.3 Å². The largest absolute Gasteiger partial charge is 0.480 e. The first-order valence-electron chi connectivity index (χ1n) is 8.25. The maximum Gasteiger partial charge on any atom is 0.326 e. The van der Waals surface area contributed by atoms with Gasteiger partial charge < -0.3 is 20.2 Å². The van der Waals surface area contributed by atoms with Gasteiger partial charge >= 0.3 is 5.97 Å². The van der Waals surface area contributed by atoms with E-state index in [9.17, 15) is 23.9 Å². The van der Waals surface area contributed by atoms with E-state index in [1.165, 1.54) is 60.5 Å². The van der Waals surface area contributed by atoms with Gasteiger partial charge in [0.2, 0.25) is 0 Å². The second-order valence-corrected chi connectivity index (χ2v) is 6.67. The van der Waals surface area contributed by atoms with E-state index in [2.05, 4.69) is 10.6 Å². The maximum absolute atomic E-state index is 13.1. The van der Waals surface area contributed by atoms with Crippen LogP contribution in [0.4, 0.5) is 4.39 Å². The Balaban J connectivity index is 2.25. The highest BCUT2D eigenvalue weighted by Gasteiger charge is 2.23. The Labute approximate surface area is 165 Å². The van der Waals surface area contributed by atoms with E-state index in [-0.39, 0.29) is 17.9 Å². The predicted octanol–water partition coefficient (Wildman–Crippen LogP) is 2.51. The predicted molar refractivity (Wildman–Crippen MR) is 103 cm³/mol. The molecule has 0 aliphatic carbocycles.